The third kappa shape index (κ3) is 2.49. The fourth-order valence-corrected chi connectivity index (χ4v) is 0.699. The van der Waals surface area contributed by atoms with Crippen LogP contribution in [0.25, 0.3) is 0 Å². The van der Waals surface area contributed by atoms with Crippen molar-refractivity contribution in [3.8, 4) is 11.9 Å². The third-order valence-corrected chi connectivity index (χ3v) is 1.37. The van der Waals surface area contributed by atoms with E-state index in [0.29, 0.717) is 5.75 Å². The summed E-state index contributed by atoms with van der Waals surface area (Å²) in [6.45, 7) is 0. The van der Waals surface area contributed by atoms with Gasteiger partial charge in [0.1, 0.15) is 5.75 Å². The molecule has 0 fully saturated rings. The smallest absolute Gasteiger partial charge is 0.409 e. The first-order valence-corrected chi connectivity index (χ1v) is 3.64. The fraction of sp³-hybridized carbons (Fsp3) is 0.111. The van der Waals surface area contributed by atoms with E-state index in [-0.39, 0.29) is 0 Å². The number of carbonyl (C=O) groups excluding carboxylic acids is 1. The van der Waals surface area contributed by atoms with E-state index in [1.54, 1.807) is 30.5 Å². The Morgan fingerprint density at radius 1 is 1.46 bits per heavy atom. The normalized spacial score (nSPS) is 8.62. The third-order valence-electron chi connectivity index (χ3n) is 1.37. The average Bonchev–Trinajstić information content (AvgIpc) is 2.18. The second kappa shape index (κ2) is 4.12. The predicted octanol–water partition coefficient (Wildman–Crippen LogP) is 1.60. The molecule has 0 saturated carbocycles. The first-order chi connectivity index (χ1) is 6.24. The van der Waals surface area contributed by atoms with Crippen molar-refractivity contribution < 1.29 is 9.53 Å². The summed E-state index contributed by atoms with van der Waals surface area (Å²) in [7, 11) is 1.34. The highest BCUT2D eigenvalue weighted by atomic mass is 16.6. The van der Waals surface area contributed by atoms with Gasteiger partial charge in [-0.25, -0.2) is 9.69 Å². The molecule has 0 spiro atoms. The van der Waals surface area contributed by atoms with E-state index in [1.807, 2.05) is 6.07 Å². The van der Waals surface area contributed by atoms with Crippen molar-refractivity contribution >= 4 is 6.09 Å². The standard InChI is InChI=1S/C9H8N2O2/c1-11(7-10)9(12)13-8-5-3-2-4-6-8/h2-6H,1H3. The molecule has 0 aliphatic rings. The summed E-state index contributed by atoms with van der Waals surface area (Å²) in [4.78, 5) is 11.8. The summed E-state index contributed by atoms with van der Waals surface area (Å²) in [5.74, 6) is 0.426. The minimum Gasteiger partial charge on any atom is -0.409 e. The van der Waals surface area contributed by atoms with E-state index in [1.165, 1.54) is 7.05 Å². The Morgan fingerprint density at radius 3 is 2.62 bits per heavy atom. The Bertz CT molecular complexity index is 329. The van der Waals surface area contributed by atoms with E-state index >= 15 is 0 Å². The van der Waals surface area contributed by atoms with E-state index in [4.69, 9.17) is 10.00 Å². The number of carbonyl (C=O) groups is 1. The van der Waals surface area contributed by atoms with Crippen LogP contribution in [-0.2, 0) is 0 Å². The molecule has 4 heteroatoms. The molecule has 0 saturated heterocycles. The van der Waals surface area contributed by atoms with Crippen LogP contribution in [0.4, 0.5) is 4.79 Å². The topological polar surface area (TPSA) is 53.3 Å². The second-order valence-electron chi connectivity index (χ2n) is 2.34. The zero-order chi connectivity index (χ0) is 9.68. The van der Waals surface area contributed by atoms with Gasteiger partial charge in [0.15, 0.2) is 6.19 Å². The number of ether oxygens (including phenoxy) is 1. The molecular formula is C9H8N2O2. The van der Waals surface area contributed by atoms with Crippen LogP contribution in [-0.4, -0.2) is 18.0 Å². The Balaban J connectivity index is 2.62. The molecule has 66 valence electrons. The minimum atomic E-state index is -0.686. The van der Waals surface area contributed by atoms with E-state index in [2.05, 4.69) is 0 Å². The molecule has 13 heavy (non-hydrogen) atoms. The second-order valence-corrected chi connectivity index (χ2v) is 2.34. The summed E-state index contributed by atoms with van der Waals surface area (Å²) < 4.78 is 4.83. The van der Waals surface area contributed by atoms with Crippen molar-refractivity contribution in [1.29, 1.82) is 5.26 Å². The number of nitrogens with zero attached hydrogens (tertiary/aromatic N) is 2. The number of rotatable bonds is 1. The molecule has 1 aromatic rings. The maximum absolute atomic E-state index is 11.0. The molecule has 0 aliphatic carbocycles. The minimum absolute atomic E-state index is 0.426. The molecule has 0 aliphatic heterocycles. The van der Waals surface area contributed by atoms with Crippen LogP contribution in [0.3, 0.4) is 0 Å². The van der Waals surface area contributed by atoms with Gasteiger partial charge in [-0.2, -0.15) is 5.26 Å². The first kappa shape index (κ1) is 9.07. The maximum atomic E-state index is 11.0. The number of hydrogen-bond donors (Lipinski definition) is 0. The van der Waals surface area contributed by atoms with Crippen LogP contribution in [0.15, 0.2) is 30.3 Å². The lowest BCUT2D eigenvalue weighted by Gasteiger charge is -2.06. The number of amides is 1. The molecular weight excluding hydrogens is 168 g/mol. The molecule has 1 rings (SSSR count). The molecule has 4 nitrogen and oxygen atoms in total. The van der Waals surface area contributed by atoms with Crippen molar-refractivity contribution in [3.63, 3.8) is 0 Å². The zero-order valence-corrected chi connectivity index (χ0v) is 7.10. The van der Waals surface area contributed by atoms with Crippen LogP contribution in [0.2, 0.25) is 0 Å². The van der Waals surface area contributed by atoms with Gasteiger partial charge in [-0.1, -0.05) is 18.2 Å². The molecule has 0 atom stereocenters. The molecule has 0 N–H and O–H groups in total. The molecule has 0 unspecified atom stereocenters. The van der Waals surface area contributed by atoms with Crippen LogP contribution in [0.5, 0.6) is 5.75 Å². The zero-order valence-electron chi connectivity index (χ0n) is 7.10. The summed E-state index contributed by atoms with van der Waals surface area (Å²) in [6.07, 6.45) is 0.957. The van der Waals surface area contributed by atoms with Gasteiger partial charge in [-0.15, -0.1) is 0 Å². The van der Waals surface area contributed by atoms with Crippen molar-refractivity contribution in [2.75, 3.05) is 7.05 Å². The first-order valence-electron chi connectivity index (χ1n) is 3.64. The van der Waals surface area contributed by atoms with Crippen LogP contribution >= 0.6 is 0 Å². The van der Waals surface area contributed by atoms with Crippen LogP contribution in [0.1, 0.15) is 0 Å². The highest BCUT2D eigenvalue weighted by Gasteiger charge is 2.08. The Morgan fingerprint density at radius 2 is 2.08 bits per heavy atom. The van der Waals surface area contributed by atoms with Gasteiger partial charge in [0, 0.05) is 7.05 Å². The predicted molar refractivity (Wildman–Crippen MR) is 45.8 cm³/mol. The van der Waals surface area contributed by atoms with Crippen molar-refractivity contribution in [3.05, 3.63) is 30.3 Å². The largest absolute Gasteiger partial charge is 0.428 e. The summed E-state index contributed by atoms with van der Waals surface area (Å²) in [6, 6.07) is 8.58. The van der Waals surface area contributed by atoms with Gasteiger partial charge in [-0.05, 0) is 12.1 Å². The van der Waals surface area contributed by atoms with Gasteiger partial charge in [0.2, 0.25) is 0 Å². The quantitative estimate of drug-likeness (QED) is 0.482. The Kier molecular flexibility index (Phi) is 2.87. The van der Waals surface area contributed by atoms with Crippen molar-refractivity contribution in [2.24, 2.45) is 0 Å². The van der Waals surface area contributed by atoms with Crippen LogP contribution in [0, 0.1) is 11.5 Å². The summed E-state index contributed by atoms with van der Waals surface area (Å²) in [5, 5.41) is 8.36. The molecule has 0 radical (unpaired) electrons. The monoisotopic (exact) mass is 176 g/mol. The summed E-state index contributed by atoms with van der Waals surface area (Å²) >= 11 is 0. The highest BCUT2D eigenvalue weighted by Crippen LogP contribution is 2.09. The number of benzene rings is 1. The fourth-order valence-electron chi connectivity index (χ4n) is 0.699. The average molecular weight is 176 g/mol. The molecule has 0 bridgehead atoms. The van der Waals surface area contributed by atoms with Gasteiger partial charge in [-0.3, -0.25) is 0 Å². The lowest BCUT2D eigenvalue weighted by atomic mass is 10.3. The summed E-state index contributed by atoms with van der Waals surface area (Å²) in [5.41, 5.74) is 0. The maximum Gasteiger partial charge on any atom is 0.428 e. The van der Waals surface area contributed by atoms with Gasteiger partial charge in [0.05, 0.1) is 0 Å². The lowest BCUT2D eigenvalue weighted by molar-refractivity contribution is 0.179. The lowest BCUT2D eigenvalue weighted by Crippen LogP contribution is -2.24. The SMILES string of the molecule is CN(C#N)C(=O)Oc1ccccc1. The number of nitriles is 1. The van der Waals surface area contributed by atoms with Crippen molar-refractivity contribution in [2.45, 2.75) is 0 Å². The molecule has 0 heterocycles. The highest BCUT2D eigenvalue weighted by molar-refractivity contribution is 5.71. The number of hydrogen-bond acceptors (Lipinski definition) is 3. The van der Waals surface area contributed by atoms with Crippen molar-refractivity contribution in [1.82, 2.24) is 4.90 Å². The van der Waals surface area contributed by atoms with E-state index < -0.39 is 6.09 Å². The van der Waals surface area contributed by atoms with Gasteiger partial charge < -0.3 is 4.74 Å². The van der Waals surface area contributed by atoms with E-state index in [9.17, 15) is 4.79 Å². The van der Waals surface area contributed by atoms with Gasteiger partial charge >= 0.3 is 6.09 Å². The van der Waals surface area contributed by atoms with Crippen LogP contribution < -0.4 is 4.74 Å². The van der Waals surface area contributed by atoms with Gasteiger partial charge in [0.25, 0.3) is 0 Å². The molecule has 0 aromatic heterocycles. The number of para-hydroxylation sites is 1. The molecule has 1 aromatic carbocycles. The Hall–Kier alpha value is -2.02. The molecule has 1 amide bonds. The van der Waals surface area contributed by atoms with E-state index in [0.717, 1.165) is 4.90 Å². The Labute approximate surface area is 76.0 Å².